The smallest absolute Gasteiger partial charge is 0.326 e. The van der Waals surface area contributed by atoms with Gasteiger partial charge < -0.3 is 25.6 Å². The second-order valence-corrected chi connectivity index (χ2v) is 7.11. The molecule has 0 spiro atoms. The quantitative estimate of drug-likeness (QED) is 0.476. The molecule has 1 fully saturated rings. The number of aliphatic carboxylic acids is 1. The van der Waals surface area contributed by atoms with Gasteiger partial charge in [0.15, 0.2) is 0 Å². The van der Waals surface area contributed by atoms with E-state index in [4.69, 9.17) is 4.74 Å². The number of amides is 1. The Morgan fingerprint density at radius 3 is 2.55 bits per heavy atom. The van der Waals surface area contributed by atoms with Crippen molar-refractivity contribution in [2.75, 3.05) is 19.0 Å². The Kier molecular flexibility index (Phi) is 6.33. The van der Waals surface area contributed by atoms with Crippen molar-refractivity contribution in [2.45, 2.75) is 37.3 Å². The number of aromatic nitrogens is 1. The van der Waals surface area contributed by atoms with Crippen molar-refractivity contribution in [1.82, 2.24) is 10.3 Å². The number of nitrogens with zero attached hydrogens (tertiary/aromatic N) is 1. The first-order valence-corrected chi connectivity index (χ1v) is 9.51. The zero-order chi connectivity index (χ0) is 20.9. The Bertz CT molecular complexity index is 865. The van der Waals surface area contributed by atoms with Crippen molar-refractivity contribution >= 4 is 17.7 Å². The number of carboxylic acid groups (broad SMARTS) is 1. The SMILES string of the molecule is CNc1cccc(CCOc2ccc(C[C@H](NC(=O)C3(O)CC3)C(=O)O)cc2)n1. The van der Waals surface area contributed by atoms with Crippen LogP contribution >= 0.6 is 0 Å². The van der Waals surface area contributed by atoms with Crippen LogP contribution < -0.4 is 15.4 Å². The number of carbonyl (C=O) groups excluding carboxylic acids is 1. The van der Waals surface area contributed by atoms with Crippen molar-refractivity contribution in [1.29, 1.82) is 0 Å². The molecule has 1 aliphatic carbocycles. The van der Waals surface area contributed by atoms with Gasteiger partial charge in [-0.3, -0.25) is 4.79 Å². The van der Waals surface area contributed by atoms with Crippen molar-refractivity contribution < 1.29 is 24.5 Å². The van der Waals surface area contributed by atoms with Crippen LogP contribution in [0.1, 0.15) is 24.1 Å². The molecule has 1 aliphatic rings. The van der Waals surface area contributed by atoms with Gasteiger partial charge in [-0.1, -0.05) is 18.2 Å². The molecule has 154 valence electrons. The molecule has 1 heterocycles. The first kappa shape index (κ1) is 20.6. The molecular weight excluding hydrogens is 374 g/mol. The predicted octanol–water partition coefficient (Wildman–Crippen LogP) is 1.38. The molecule has 0 unspecified atom stereocenters. The summed E-state index contributed by atoms with van der Waals surface area (Å²) in [6.45, 7) is 0.464. The van der Waals surface area contributed by atoms with Crippen molar-refractivity contribution in [3.63, 3.8) is 0 Å². The molecule has 0 saturated heterocycles. The number of pyridine rings is 1. The Balaban J connectivity index is 1.50. The summed E-state index contributed by atoms with van der Waals surface area (Å²) in [4.78, 5) is 27.8. The number of hydrogen-bond donors (Lipinski definition) is 4. The molecule has 8 nitrogen and oxygen atoms in total. The summed E-state index contributed by atoms with van der Waals surface area (Å²) in [5.41, 5.74) is 0.273. The van der Waals surface area contributed by atoms with E-state index in [1.807, 2.05) is 25.2 Å². The molecule has 1 amide bonds. The minimum Gasteiger partial charge on any atom is -0.493 e. The number of ether oxygens (including phenoxy) is 1. The van der Waals surface area contributed by atoms with Crippen LogP contribution in [0.25, 0.3) is 0 Å². The van der Waals surface area contributed by atoms with Crippen LogP contribution in [0.15, 0.2) is 42.5 Å². The monoisotopic (exact) mass is 399 g/mol. The number of benzene rings is 1. The molecular formula is C21H25N3O5. The maximum absolute atomic E-state index is 11.9. The molecule has 2 aromatic rings. The third-order valence-electron chi connectivity index (χ3n) is 4.80. The Morgan fingerprint density at radius 1 is 1.21 bits per heavy atom. The first-order chi connectivity index (χ1) is 13.9. The predicted molar refractivity (Wildman–Crippen MR) is 107 cm³/mol. The number of hydrogen-bond acceptors (Lipinski definition) is 6. The van der Waals surface area contributed by atoms with E-state index in [0.29, 0.717) is 31.6 Å². The summed E-state index contributed by atoms with van der Waals surface area (Å²) in [6, 6.07) is 11.7. The molecule has 1 atom stereocenters. The minimum atomic E-state index is -1.40. The van der Waals surface area contributed by atoms with E-state index >= 15 is 0 Å². The highest BCUT2D eigenvalue weighted by Crippen LogP contribution is 2.35. The van der Waals surface area contributed by atoms with Gasteiger partial charge in [0, 0.05) is 25.6 Å². The van der Waals surface area contributed by atoms with Gasteiger partial charge in [-0.25, -0.2) is 9.78 Å². The maximum Gasteiger partial charge on any atom is 0.326 e. The van der Waals surface area contributed by atoms with Gasteiger partial charge in [-0.2, -0.15) is 0 Å². The molecule has 3 rings (SSSR count). The highest BCUT2D eigenvalue weighted by molar-refractivity contribution is 5.91. The van der Waals surface area contributed by atoms with Crippen LogP contribution in [0, 0.1) is 0 Å². The number of carboxylic acids is 1. The van der Waals surface area contributed by atoms with E-state index in [1.54, 1.807) is 24.3 Å². The topological polar surface area (TPSA) is 121 Å². The van der Waals surface area contributed by atoms with Crippen molar-refractivity contribution in [3.05, 3.63) is 53.7 Å². The lowest BCUT2D eigenvalue weighted by Gasteiger charge is -2.17. The Morgan fingerprint density at radius 2 is 1.93 bits per heavy atom. The van der Waals surface area contributed by atoms with E-state index < -0.39 is 23.5 Å². The van der Waals surface area contributed by atoms with Gasteiger partial charge in [-0.15, -0.1) is 0 Å². The van der Waals surface area contributed by atoms with Gasteiger partial charge >= 0.3 is 5.97 Å². The standard InChI is InChI=1S/C21H25N3O5/c1-22-18-4-2-3-15(23-18)9-12-29-16-7-5-14(6-8-16)13-17(19(25)26)24-20(27)21(28)10-11-21/h2-8,17,28H,9-13H2,1H3,(H,22,23)(H,24,27)(H,25,26)/t17-/m0/s1. The summed E-state index contributed by atoms with van der Waals surface area (Å²) >= 11 is 0. The summed E-state index contributed by atoms with van der Waals surface area (Å²) in [6.07, 6.45) is 1.52. The molecule has 0 aliphatic heterocycles. The fraction of sp³-hybridized carbons (Fsp3) is 0.381. The van der Waals surface area contributed by atoms with Gasteiger partial charge in [0.05, 0.1) is 6.61 Å². The largest absolute Gasteiger partial charge is 0.493 e. The third-order valence-corrected chi connectivity index (χ3v) is 4.80. The van der Waals surface area contributed by atoms with Crippen LogP contribution in [0.5, 0.6) is 5.75 Å². The van der Waals surface area contributed by atoms with Gasteiger partial charge in [0.25, 0.3) is 5.91 Å². The van der Waals surface area contributed by atoms with E-state index in [0.717, 1.165) is 17.1 Å². The van der Waals surface area contributed by atoms with Crippen molar-refractivity contribution in [3.8, 4) is 5.75 Å². The first-order valence-electron chi connectivity index (χ1n) is 9.51. The summed E-state index contributed by atoms with van der Waals surface area (Å²) in [7, 11) is 1.82. The zero-order valence-electron chi connectivity index (χ0n) is 16.2. The van der Waals surface area contributed by atoms with Crippen LogP contribution in [0.4, 0.5) is 5.82 Å². The number of rotatable bonds is 10. The number of aliphatic hydroxyl groups is 1. The molecule has 1 aromatic heterocycles. The highest BCUT2D eigenvalue weighted by atomic mass is 16.5. The summed E-state index contributed by atoms with van der Waals surface area (Å²) in [5.74, 6) is -0.289. The zero-order valence-corrected chi connectivity index (χ0v) is 16.2. The lowest BCUT2D eigenvalue weighted by molar-refractivity contribution is -0.143. The average Bonchev–Trinajstić information content (AvgIpc) is 3.47. The average molecular weight is 399 g/mol. The molecule has 29 heavy (non-hydrogen) atoms. The van der Waals surface area contributed by atoms with E-state index in [2.05, 4.69) is 15.6 Å². The Hall–Kier alpha value is -3.13. The second-order valence-electron chi connectivity index (χ2n) is 7.11. The van der Waals surface area contributed by atoms with Crippen molar-refractivity contribution in [2.24, 2.45) is 0 Å². The molecule has 0 bridgehead atoms. The summed E-state index contributed by atoms with van der Waals surface area (Å²) in [5, 5.41) is 24.6. The molecule has 1 saturated carbocycles. The maximum atomic E-state index is 11.9. The molecule has 4 N–H and O–H groups in total. The van der Waals surface area contributed by atoms with E-state index in [9.17, 15) is 19.8 Å². The number of nitrogens with one attached hydrogen (secondary N) is 2. The lowest BCUT2D eigenvalue weighted by atomic mass is 10.1. The lowest BCUT2D eigenvalue weighted by Crippen LogP contribution is -2.47. The molecule has 0 radical (unpaired) electrons. The second kappa shape index (κ2) is 8.91. The highest BCUT2D eigenvalue weighted by Gasteiger charge is 2.48. The molecule has 8 heteroatoms. The number of anilines is 1. The minimum absolute atomic E-state index is 0.123. The Labute approximate surface area is 168 Å². The van der Waals surface area contributed by atoms with Crippen LogP contribution in [0.2, 0.25) is 0 Å². The fourth-order valence-electron chi connectivity index (χ4n) is 2.83. The van der Waals surface area contributed by atoms with Crippen LogP contribution in [0.3, 0.4) is 0 Å². The third kappa shape index (κ3) is 5.68. The van der Waals surface area contributed by atoms with Gasteiger partial charge in [-0.05, 0) is 42.7 Å². The summed E-state index contributed by atoms with van der Waals surface area (Å²) < 4.78 is 5.73. The molecule has 1 aromatic carbocycles. The van der Waals surface area contributed by atoms with Crippen LogP contribution in [-0.4, -0.2) is 52.4 Å². The van der Waals surface area contributed by atoms with Gasteiger partial charge in [0.1, 0.15) is 23.2 Å². The normalized spacial score (nSPS) is 15.2. The van der Waals surface area contributed by atoms with Crippen LogP contribution in [-0.2, 0) is 22.4 Å². The van der Waals surface area contributed by atoms with E-state index in [-0.39, 0.29) is 6.42 Å². The fourth-order valence-corrected chi connectivity index (χ4v) is 2.83. The van der Waals surface area contributed by atoms with Gasteiger partial charge in [0.2, 0.25) is 0 Å². The van der Waals surface area contributed by atoms with E-state index in [1.165, 1.54) is 0 Å². The number of carbonyl (C=O) groups is 2.